The van der Waals surface area contributed by atoms with Crippen molar-refractivity contribution in [1.82, 2.24) is 10.3 Å². The van der Waals surface area contributed by atoms with Gasteiger partial charge in [0.1, 0.15) is 5.69 Å². The van der Waals surface area contributed by atoms with Gasteiger partial charge in [0, 0.05) is 51.2 Å². The maximum Gasteiger partial charge on any atom is 0.416 e. The third kappa shape index (κ3) is 8.40. The molecule has 12 heteroatoms. The Labute approximate surface area is 261 Å². The van der Waals surface area contributed by atoms with Crippen LogP contribution in [0.15, 0.2) is 72.9 Å². The van der Waals surface area contributed by atoms with E-state index in [1.54, 1.807) is 19.1 Å². The van der Waals surface area contributed by atoms with Crippen molar-refractivity contribution >= 4 is 52.4 Å². The van der Waals surface area contributed by atoms with Crippen LogP contribution in [0.3, 0.4) is 0 Å². The first-order chi connectivity index (χ1) is 20.5. The van der Waals surface area contributed by atoms with Crippen molar-refractivity contribution in [3.63, 3.8) is 0 Å². The van der Waals surface area contributed by atoms with Gasteiger partial charge in [-0.2, -0.15) is 13.2 Å². The molecule has 4 rings (SSSR count). The number of carbonyl (C=O) groups excluding carboxylic acids is 2. The second kappa shape index (κ2) is 14.1. The lowest BCUT2D eigenvalue weighted by molar-refractivity contribution is -0.143. The highest BCUT2D eigenvalue weighted by molar-refractivity contribution is 6.36. The average Bonchev–Trinajstić information content (AvgIpc) is 2.96. The van der Waals surface area contributed by atoms with Crippen molar-refractivity contribution in [3.8, 4) is 22.3 Å². The second-order valence-corrected chi connectivity index (χ2v) is 10.5. The summed E-state index contributed by atoms with van der Waals surface area (Å²) in [6.07, 6.45) is -3.33. The zero-order valence-electron chi connectivity index (χ0n) is 22.7. The van der Waals surface area contributed by atoms with E-state index in [4.69, 9.17) is 39.5 Å². The normalized spacial score (nSPS) is 11.2. The van der Waals surface area contributed by atoms with Gasteiger partial charge in [0.05, 0.1) is 18.6 Å². The van der Waals surface area contributed by atoms with Gasteiger partial charge in [0.2, 0.25) is 0 Å². The molecule has 0 unspecified atom stereocenters. The highest BCUT2D eigenvalue weighted by Gasteiger charge is 2.32. The summed E-state index contributed by atoms with van der Waals surface area (Å²) in [5.41, 5.74) is 2.43. The molecule has 1 amide bonds. The minimum atomic E-state index is -4.63. The number of aromatic nitrogens is 1. The predicted molar refractivity (Wildman–Crippen MR) is 162 cm³/mol. The van der Waals surface area contributed by atoms with Crippen LogP contribution in [-0.2, 0) is 22.3 Å². The van der Waals surface area contributed by atoms with Gasteiger partial charge >= 0.3 is 12.1 Å². The third-order valence-corrected chi connectivity index (χ3v) is 7.23. The second-order valence-electron chi connectivity index (χ2n) is 9.28. The number of amides is 1. The molecule has 43 heavy (non-hydrogen) atoms. The van der Waals surface area contributed by atoms with E-state index in [1.807, 2.05) is 30.3 Å². The number of hydrogen-bond acceptors (Lipinski definition) is 5. The number of benzene rings is 3. The van der Waals surface area contributed by atoms with Gasteiger partial charge in [-0.25, -0.2) is 0 Å². The van der Waals surface area contributed by atoms with Crippen molar-refractivity contribution < 1.29 is 27.5 Å². The zero-order chi connectivity index (χ0) is 31.1. The van der Waals surface area contributed by atoms with Crippen molar-refractivity contribution in [1.29, 1.82) is 0 Å². The molecular weight excluding hydrogens is 626 g/mol. The molecule has 0 spiro atoms. The Morgan fingerprint density at radius 1 is 0.884 bits per heavy atom. The Kier molecular flexibility index (Phi) is 10.6. The number of hydrogen-bond donors (Lipinski definition) is 2. The molecule has 224 valence electrons. The summed E-state index contributed by atoms with van der Waals surface area (Å²) in [6, 6.07) is 17.3. The van der Waals surface area contributed by atoms with Crippen LogP contribution in [0.4, 0.5) is 18.9 Å². The number of pyridine rings is 1. The van der Waals surface area contributed by atoms with Gasteiger partial charge < -0.3 is 15.4 Å². The first kappa shape index (κ1) is 32.1. The van der Waals surface area contributed by atoms with Crippen LogP contribution in [0.2, 0.25) is 15.1 Å². The molecule has 0 aliphatic heterocycles. The summed E-state index contributed by atoms with van der Waals surface area (Å²) in [6.45, 7) is 2.06. The number of alkyl halides is 3. The summed E-state index contributed by atoms with van der Waals surface area (Å²) in [7, 11) is 0. The van der Waals surface area contributed by atoms with Crippen LogP contribution in [0.25, 0.3) is 22.3 Å². The average molecular weight is 651 g/mol. The van der Waals surface area contributed by atoms with E-state index in [1.165, 1.54) is 18.3 Å². The van der Waals surface area contributed by atoms with Gasteiger partial charge in [-0.1, -0.05) is 59.1 Å². The molecule has 4 aromatic rings. The van der Waals surface area contributed by atoms with E-state index < -0.39 is 23.6 Å². The van der Waals surface area contributed by atoms with E-state index in [0.29, 0.717) is 26.9 Å². The summed E-state index contributed by atoms with van der Waals surface area (Å²) >= 11 is 18.7. The van der Waals surface area contributed by atoms with Crippen LogP contribution in [0.1, 0.15) is 35.0 Å². The van der Waals surface area contributed by atoms with E-state index >= 15 is 0 Å². The quantitative estimate of drug-likeness (QED) is 0.168. The number of esters is 1. The van der Waals surface area contributed by atoms with E-state index in [0.717, 1.165) is 23.3 Å². The fraction of sp³-hybridized carbons (Fsp3) is 0.194. The molecule has 0 saturated heterocycles. The van der Waals surface area contributed by atoms with E-state index in [2.05, 4.69) is 15.6 Å². The smallest absolute Gasteiger partial charge is 0.416 e. The van der Waals surface area contributed by atoms with E-state index in [9.17, 15) is 22.8 Å². The number of ether oxygens (including phenoxy) is 1. The molecule has 0 fully saturated rings. The minimum Gasteiger partial charge on any atom is -0.466 e. The Bertz CT molecular complexity index is 1610. The standard InChI is InChI=1S/C31H25Cl3F3N3O3/c1-2-43-29(41)11-12-38-30(42)28-10-5-19(16-40-28)24-13-20(31(35,36)37)14-26(33)25(24)17-39-22-7-3-18(4-8-22)23-9-6-21(32)15-27(23)34/h3-10,13-16,39H,2,11-12,17H2,1H3,(H,38,42). The fourth-order valence-corrected chi connectivity index (χ4v) is 5.01. The van der Waals surface area contributed by atoms with Crippen molar-refractivity contribution in [2.24, 2.45) is 0 Å². The van der Waals surface area contributed by atoms with Gasteiger partial charge in [-0.05, 0) is 66.1 Å². The predicted octanol–water partition coefficient (Wildman–Crippen LogP) is 8.69. The SMILES string of the molecule is CCOC(=O)CCNC(=O)c1ccc(-c2cc(C(F)(F)F)cc(Cl)c2CNc2ccc(-c3ccc(Cl)cc3Cl)cc2)cn1. The maximum absolute atomic E-state index is 13.7. The number of halogens is 6. The number of nitrogens with one attached hydrogen (secondary N) is 2. The monoisotopic (exact) mass is 649 g/mol. The molecule has 0 saturated carbocycles. The Hall–Kier alpha value is -3.79. The molecule has 1 aromatic heterocycles. The first-order valence-electron chi connectivity index (χ1n) is 13.1. The van der Waals surface area contributed by atoms with E-state index in [-0.39, 0.29) is 42.4 Å². The molecular formula is C31H25Cl3F3N3O3. The summed E-state index contributed by atoms with van der Waals surface area (Å²) < 4.78 is 45.8. The van der Waals surface area contributed by atoms with Crippen molar-refractivity contribution in [2.75, 3.05) is 18.5 Å². The summed E-state index contributed by atoms with van der Waals surface area (Å²) in [5.74, 6) is -0.987. The van der Waals surface area contributed by atoms with Gasteiger partial charge in [-0.3, -0.25) is 14.6 Å². The Morgan fingerprint density at radius 2 is 1.60 bits per heavy atom. The lowest BCUT2D eigenvalue weighted by Gasteiger charge is -2.17. The molecule has 0 atom stereocenters. The Morgan fingerprint density at radius 3 is 2.23 bits per heavy atom. The van der Waals surface area contributed by atoms with Crippen LogP contribution < -0.4 is 10.6 Å². The van der Waals surface area contributed by atoms with Crippen LogP contribution in [-0.4, -0.2) is 30.0 Å². The van der Waals surface area contributed by atoms with Gasteiger partial charge in [-0.15, -0.1) is 0 Å². The topological polar surface area (TPSA) is 80.3 Å². The minimum absolute atomic E-state index is 0.00560. The molecule has 2 N–H and O–H groups in total. The van der Waals surface area contributed by atoms with Gasteiger partial charge in [0.15, 0.2) is 0 Å². The fourth-order valence-electron chi connectivity index (χ4n) is 4.21. The molecule has 6 nitrogen and oxygen atoms in total. The summed E-state index contributed by atoms with van der Waals surface area (Å²) in [5, 5.41) is 6.71. The number of carbonyl (C=O) groups is 2. The maximum atomic E-state index is 13.7. The molecule has 0 bridgehead atoms. The highest BCUT2D eigenvalue weighted by atomic mass is 35.5. The number of rotatable bonds is 10. The van der Waals surface area contributed by atoms with Gasteiger partial charge in [0.25, 0.3) is 5.91 Å². The zero-order valence-corrected chi connectivity index (χ0v) is 25.0. The van der Waals surface area contributed by atoms with Crippen LogP contribution in [0, 0.1) is 0 Å². The molecule has 0 aliphatic carbocycles. The highest BCUT2D eigenvalue weighted by Crippen LogP contribution is 2.38. The first-order valence-corrected chi connectivity index (χ1v) is 14.2. The summed E-state index contributed by atoms with van der Waals surface area (Å²) in [4.78, 5) is 28.0. The largest absolute Gasteiger partial charge is 0.466 e. The Balaban J connectivity index is 1.54. The molecule has 3 aromatic carbocycles. The van der Waals surface area contributed by atoms with Crippen molar-refractivity contribution in [2.45, 2.75) is 26.1 Å². The number of anilines is 1. The van der Waals surface area contributed by atoms with Crippen molar-refractivity contribution in [3.05, 3.63) is 105 Å². The van der Waals surface area contributed by atoms with Crippen LogP contribution in [0.5, 0.6) is 0 Å². The van der Waals surface area contributed by atoms with Crippen LogP contribution >= 0.6 is 34.8 Å². The molecule has 0 radical (unpaired) electrons. The molecule has 0 aliphatic rings. The lowest BCUT2D eigenvalue weighted by Crippen LogP contribution is -2.27. The number of nitrogens with zero attached hydrogens (tertiary/aromatic N) is 1. The molecule has 1 heterocycles. The third-order valence-electron chi connectivity index (χ3n) is 6.35. The lowest BCUT2D eigenvalue weighted by atomic mass is 9.97.